The van der Waals surface area contributed by atoms with Crippen LogP contribution in [0.25, 0.3) is 10.9 Å². The number of amides is 1. The lowest BCUT2D eigenvalue weighted by Crippen LogP contribution is -2.27. The van der Waals surface area contributed by atoms with Crippen LogP contribution in [-0.2, 0) is 6.61 Å². The highest BCUT2D eigenvalue weighted by molar-refractivity contribution is 6.06. The molecular formula is C28H31N3O3. The van der Waals surface area contributed by atoms with Crippen molar-refractivity contribution in [2.24, 2.45) is 0 Å². The Morgan fingerprint density at radius 3 is 2.35 bits per heavy atom. The molecule has 0 atom stereocenters. The number of aromatic nitrogens is 1. The van der Waals surface area contributed by atoms with Crippen molar-refractivity contribution < 1.29 is 14.3 Å². The molecule has 0 aliphatic carbocycles. The fourth-order valence-corrected chi connectivity index (χ4v) is 3.73. The van der Waals surface area contributed by atoms with Crippen LogP contribution in [0.15, 0.2) is 78.9 Å². The molecule has 0 saturated carbocycles. The summed E-state index contributed by atoms with van der Waals surface area (Å²) in [7, 11) is 0. The molecule has 1 aromatic heterocycles. The number of nitrogens with zero attached hydrogens (tertiary/aromatic N) is 1. The minimum atomic E-state index is -0.196. The molecular weight excluding hydrogens is 426 g/mol. The van der Waals surface area contributed by atoms with Crippen LogP contribution in [0.4, 0.5) is 5.69 Å². The predicted molar refractivity (Wildman–Crippen MR) is 137 cm³/mol. The largest absolute Gasteiger partial charge is 0.492 e. The number of rotatable bonds is 11. The van der Waals surface area contributed by atoms with E-state index in [-0.39, 0.29) is 5.91 Å². The lowest BCUT2D eigenvalue weighted by Gasteiger charge is -2.18. The zero-order chi connectivity index (χ0) is 23.8. The van der Waals surface area contributed by atoms with Gasteiger partial charge in [0.25, 0.3) is 5.91 Å². The van der Waals surface area contributed by atoms with E-state index in [2.05, 4.69) is 29.0 Å². The summed E-state index contributed by atoms with van der Waals surface area (Å²) in [5.74, 6) is 1.36. The number of fused-ring (bicyclic) bond motifs is 1. The number of benzene rings is 3. The zero-order valence-electron chi connectivity index (χ0n) is 19.7. The number of ether oxygens (including phenoxy) is 2. The van der Waals surface area contributed by atoms with E-state index in [4.69, 9.17) is 9.47 Å². The number of aromatic amines is 1. The van der Waals surface area contributed by atoms with E-state index in [9.17, 15) is 4.79 Å². The van der Waals surface area contributed by atoms with E-state index >= 15 is 0 Å². The summed E-state index contributed by atoms with van der Waals surface area (Å²) < 4.78 is 11.7. The Morgan fingerprint density at radius 1 is 0.882 bits per heavy atom. The Hall–Kier alpha value is -3.77. The number of carbonyl (C=O) groups excluding carboxylic acids is 1. The third kappa shape index (κ3) is 6.17. The molecule has 4 rings (SSSR count). The van der Waals surface area contributed by atoms with E-state index in [0.29, 0.717) is 24.6 Å². The molecule has 0 unspecified atom stereocenters. The molecule has 0 bridgehead atoms. The van der Waals surface area contributed by atoms with Gasteiger partial charge in [-0.15, -0.1) is 0 Å². The van der Waals surface area contributed by atoms with E-state index in [0.717, 1.165) is 47.6 Å². The summed E-state index contributed by atoms with van der Waals surface area (Å²) in [5, 5.41) is 3.86. The molecule has 3 aromatic carbocycles. The molecule has 0 aliphatic heterocycles. The predicted octanol–water partition coefficient (Wildman–Crippen LogP) is 5.72. The first-order valence-electron chi connectivity index (χ1n) is 11.7. The van der Waals surface area contributed by atoms with Crippen LogP contribution in [0, 0.1) is 0 Å². The standard InChI is InChI=1S/C28H31N3O3/c1-3-31(4-2)16-17-33-24-12-10-23(11-13-24)29-28(32)27-19-22-18-25(14-15-26(22)30-27)34-20-21-8-6-5-7-9-21/h5-15,18-19,30H,3-4,16-17,20H2,1-2H3,(H,29,32). The van der Waals surface area contributed by atoms with E-state index in [1.165, 1.54) is 0 Å². The molecule has 1 heterocycles. The highest BCUT2D eigenvalue weighted by Gasteiger charge is 2.11. The maximum atomic E-state index is 12.8. The van der Waals surface area contributed by atoms with Crippen molar-refractivity contribution in [3.05, 3.63) is 90.1 Å². The fraction of sp³-hybridized carbons (Fsp3) is 0.250. The van der Waals surface area contributed by atoms with Gasteiger partial charge < -0.3 is 24.7 Å². The topological polar surface area (TPSA) is 66.6 Å². The van der Waals surface area contributed by atoms with Crippen LogP contribution >= 0.6 is 0 Å². The molecule has 0 radical (unpaired) electrons. The van der Waals surface area contributed by atoms with Crippen molar-refractivity contribution in [1.82, 2.24) is 9.88 Å². The number of H-pyrrole nitrogens is 1. The van der Waals surface area contributed by atoms with Crippen LogP contribution in [0.3, 0.4) is 0 Å². The van der Waals surface area contributed by atoms with Crippen molar-refractivity contribution in [1.29, 1.82) is 0 Å². The minimum Gasteiger partial charge on any atom is -0.492 e. The number of carbonyl (C=O) groups is 1. The van der Waals surface area contributed by atoms with Gasteiger partial charge in [-0.2, -0.15) is 0 Å². The van der Waals surface area contributed by atoms with Gasteiger partial charge in [0.2, 0.25) is 0 Å². The third-order valence-corrected chi connectivity index (χ3v) is 5.77. The smallest absolute Gasteiger partial charge is 0.272 e. The van der Waals surface area contributed by atoms with Crippen molar-refractivity contribution >= 4 is 22.5 Å². The van der Waals surface area contributed by atoms with Crippen LogP contribution in [0.1, 0.15) is 29.9 Å². The molecule has 0 fully saturated rings. The number of anilines is 1. The maximum Gasteiger partial charge on any atom is 0.272 e. The maximum absolute atomic E-state index is 12.8. The molecule has 2 N–H and O–H groups in total. The first-order valence-corrected chi connectivity index (χ1v) is 11.7. The number of hydrogen-bond acceptors (Lipinski definition) is 4. The van der Waals surface area contributed by atoms with Gasteiger partial charge in [-0.3, -0.25) is 4.79 Å². The summed E-state index contributed by atoms with van der Waals surface area (Å²) in [6.07, 6.45) is 0. The second kappa shape index (κ2) is 11.4. The Morgan fingerprint density at radius 2 is 1.62 bits per heavy atom. The Labute approximate surface area is 200 Å². The van der Waals surface area contributed by atoms with Crippen molar-refractivity contribution in [3.8, 4) is 11.5 Å². The van der Waals surface area contributed by atoms with Crippen LogP contribution < -0.4 is 14.8 Å². The summed E-state index contributed by atoms with van der Waals surface area (Å²) in [4.78, 5) is 18.3. The van der Waals surface area contributed by atoms with Crippen molar-refractivity contribution in [3.63, 3.8) is 0 Å². The van der Waals surface area contributed by atoms with Gasteiger partial charge in [0.1, 0.15) is 30.4 Å². The van der Waals surface area contributed by atoms with E-state index < -0.39 is 0 Å². The number of nitrogens with one attached hydrogen (secondary N) is 2. The fourth-order valence-electron chi connectivity index (χ4n) is 3.73. The Balaban J connectivity index is 1.33. The summed E-state index contributed by atoms with van der Waals surface area (Å²) in [6, 6.07) is 25.1. The Kier molecular flexibility index (Phi) is 7.83. The summed E-state index contributed by atoms with van der Waals surface area (Å²) >= 11 is 0. The molecule has 0 saturated heterocycles. The van der Waals surface area contributed by atoms with Gasteiger partial charge in [0.15, 0.2) is 0 Å². The average molecular weight is 458 g/mol. The zero-order valence-corrected chi connectivity index (χ0v) is 19.7. The van der Waals surface area contributed by atoms with Gasteiger partial charge >= 0.3 is 0 Å². The quantitative estimate of drug-likeness (QED) is 0.302. The normalized spacial score (nSPS) is 11.0. The molecule has 176 valence electrons. The molecule has 0 aliphatic rings. The van der Waals surface area contributed by atoms with Crippen LogP contribution in [0.2, 0.25) is 0 Å². The Bertz CT molecular complexity index is 1200. The monoisotopic (exact) mass is 457 g/mol. The van der Waals surface area contributed by atoms with Crippen molar-refractivity contribution in [2.75, 3.05) is 31.6 Å². The van der Waals surface area contributed by atoms with Crippen LogP contribution in [0.5, 0.6) is 11.5 Å². The number of likely N-dealkylation sites (N-methyl/N-ethyl adjacent to an activating group) is 1. The van der Waals surface area contributed by atoms with Crippen LogP contribution in [-0.4, -0.2) is 42.0 Å². The van der Waals surface area contributed by atoms with Gasteiger partial charge in [-0.1, -0.05) is 44.2 Å². The lowest BCUT2D eigenvalue weighted by atomic mass is 10.2. The number of hydrogen-bond donors (Lipinski definition) is 2. The second-order valence-corrected chi connectivity index (χ2v) is 8.06. The third-order valence-electron chi connectivity index (χ3n) is 5.77. The van der Waals surface area contributed by atoms with Gasteiger partial charge in [0.05, 0.1) is 0 Å². The molecule has 1 amide bonds. The van der Waals surface area contributed by atoms with Gasteiger partial charge in [0, 0.05) is 23.1 Å². The van der Waals surface area contributed by atoms with E-state index in [1.807, 2.05) is 78.9 Å². The molecule has 6 heteroatoms. The lowest BCUT2D eigenvalue weighted by molar-refractivity contribution is 0.102. The van der Waals surface area contributed by atoms with E-state index in [1.54, 1.807) is 0 Å². The first kappa shape index (κ1) is 23.4. The summed E-state index contributed by atoms with van der Waals surface area (Å²) in [6.45, 7) is 8.35. The molecule has 0 spiro atoms. The van der Waals surface area contributed by atoms with Gasteiger partial charge in [-0.25, -0.2) is 0 Å². The minimum absolute atomic E-state index is 0.196. The molecule has 4 aromatic rings. The molecule has 34 heavy (non-hydrogen) atoms. The highest BCUT2D eigenvalue weighted by Crippen LogP contribution is 2.23. The summed E-state index contributed by atoms with van der Waals surface area (Å²) in [5.41, 5.74) is 3.20. The molecule has 6 nitrogen and oxygen atoms in total. The highest BCUT2D eigenvalue weighted by atomic mass is 16.5. The average Bonchev–Trinajstić information content (AvgIpc) is 3.31. The van der Waals surface area contributed by atoms with Crippen molar-refractivity contribution in [2.45, 2.75) is 20.5 Å². The van der Waals surface area contributed by atoms with Gasteiger partial charge in [-0.05, 0) is 67.2 Å². The SMILES string of the molecule is CCN(CC)CCOc1ccc(NC(=O)c2cc3cc(OCc4ccccc4)ccc3[nH]2)cc1. The second-order valence-electron chi connectivity index (χ2n) is 8.06. The first-order chi connectivity index (χ1) is 16.6.